The van der Waals surface area contributed by atoms with Crippen LogP contribution in [0.4, 0.5) is 0 Å². The third-order valence-electron chi connectivity index (χ3n) is 2.12. The van der Waals surface area contributed by atoms with E-state index in [0.717, 1.165) is 18.2 Å². The molecule has 1 N–H and O–H groups in total. The Morgan fingerprint density at radius 2 is 2.33 bits per heavy atom. The fourth-order valence-electron chi connectivity index (χ4n) is 1.38. The van der Waals surface area contributed by atoms with Gasteiger partial charge < -0.3 is 5.32 Å². The first-order valence-electron chi connectivity index (χ1n) is 4.35. The van der Waals surface area contributed by atoms with E-state index < -0.39 is 0 Å². The van der Waals surface area contributed by atoms with E-state index in [0.29, 0.717) is 5.92 Å². The van der Waals surface area contributed by atoms with Crippen molar-refractivity contribution in [2.75, 3.05) is 7.05 Å². The monoisotopic (exact) mass is 166 g/mol. The van der Waals surface area contributed by atoms with Crippen molar-refractivity contribution >= 4 is 0 Å². The van der Waals surface area contributed by atoms with Crippen LogP contribution in [0.1, 0.15) is 30.4 Å². The van der Waals surface area contributed by atoms with Crippen molar-refractivity contribution in [3.05, 3.63) is 11.6 Å². The molecule has 0 atom stereocenters. The van der Waals surface area contributed by atoms with Crippen molar-refractivity contribution in [1.29, 1.82) is 0 Å². The summed E-state index contributed by atoms with van der Waals surface area (Å²) >= 11 is 0. The highest BCUT2D eigenvalue weighted by Crippen LogP contribution is 2.38. The van der Waals surface area contributed by atoms with E-state index in [1.54, 1.807) is 0 Å². The van der Waals surface area contributed by atoms with Crippen molar-refractivity contribution in [3.8, 4) is 0 Å². The summed E-state index contributed by atoms with van der Waals surface area (Å²) in [6.07, 6.45) is 2.57. The normalized spacial score (nSPS) is 16.8. The highest BCUT2D eigenvalue weighted by Gasteiger charge is 2.28. The zero-order valence-electron chi connectivity index (χ0n) is 7.54. The maximum Gasteiger partial charge on any atom is 0.164 e. The minimum absolute atomic E-state index is 0.688. The standard InChI is InChI=1S/C8H14N4/c1-9-5-7-10-8(6-3-4-6)12(2)11-7/h6,9H,3-5H2,1-2H3. The van der Waals surface area contributed by atoms with E-state index in [2.05, 4.69) is 15.4 Å². The number of aryl methyl sites for hydroxylation is 1. The first kappa shape index (κ1) is 7.73. The fourth-order valence-corrected chi connectivity index (χ4v) is 1.38. The summed E-state index contributed by atoms with van der Waals surface area (Å²) < 4.78 is 1.91. The molecule has 1 fully saturated rings. The number of hydrogen-bond donors (Lipinski definition) is 1. The van der Waals surface area contributed by atoms with Crippen molar-refractivity contribution in [3.63, 3.8) is 0 Å². The summed E-state index contributed by atoms with van der Waals surface area (Å²) in [6, 6.07) is 0. The van der Waals surface area contributed by atoms with Crippen LogP contribution in [0.15, 0.2) is 0 Å². The number of nitrogens with zero attached hydrogens (tertiary/aromatic N) is 3. The minimum Gasteiger partial charge on any atom is -0.313 e. The van der Waals surface area contributed by atoms with E-state index >= 15 is 0 Å². The molecule has 1 aliphatic carbocycles. The molecule has 12 heavy (non-hydrogen) atoms. The Morgan fingerprint density at radius 1 is 1.58 bits per heavy atom. The van der Waals surface area contributed by atoms with Gasteiger partial charge in [-0.25, -0.2) is 4.98 Å². The highest BCUT2D eigenvalue weighted by molar-refractivity contribution is 5.06. The largest absolute Gasteiger partial charge is 0.313 e. The van der Waals surface area contributed by atoms with Gasteiger partial charge >= 0.3 is 0 Å². The van der Waals surface area contributed by atoms with Crippen LogP contribution in [-0.4, -0.2) is 21.8 Å². The smallest absolute Gasteiger partial charge is 0.164 e. The Balaban J connectivity index is 2.18. The summed E-state index contributed by atoms with van der Waals surface area (Å²) in [6.45, 7) is 0.764. The van der Waals surface area contributed by atoms with Crippen LogP contribution < -0.4 is 5.32 Å². The molecule has 0 radical (unpaired) electrons. The fraction of sp³-hybridized carbons (Fsp3) is 0.750. The van der Waals surface area contributed by atoms with Gasteiger partial charge in [0.2, 0.25) is 0 Å². The molecule has 2 rings (SSSR count). The third kappa shape index (κ3) is 1.34. The molecular formula is C8H14N4. The molecule has 1 aliphatic rings. The molecule has 1 aromatic heterocycles. The second kappa shape index (κ2) is 2.86. The van der Waals surface area contributed by atoms with Crippen LogP contribution in [-0.2, 0) is 13.6 Å². The molecule has 4 nitrogen and oxygen atoms in total. The lowest BCUT2D eigenvalue weighted by atomic mass is 10.4. The lowest BCUT2D eigenvalue weighted by Crippen LogP contribution is -2.06. The lowest BCUT2D eigenvalue weighted by molar-refractivity contribution is 0.683. The average molecular weight is 166 g/mol. The van der Waals surface area contributed by atoms with Crippen molar-refractivity contribution < 1.29 is 0 Å². The Kier molecular flexibility index (Phi) is 1.84. The maximum atomic E-state index is 4.45. The molecule has 1 aromatic rings. The molecule has 0 unspecified atom stereocenters. The van der Waals surface area contributed by atoms with Crippen LogP contribution in [0, 0.1) is 0 Å². The molecule has 0 amide bonds. The van der Waals surface area contributed by atoms with Gasteiger partial charge in [0.25, 0.3) is 0 Å². The van der Waals surface area contributed by atoms with E-state index in [1.807, 2.05) is 18.8 Å². The Hall–Kier alpha value is -0.900. The first-order valence-corrected chi connectivity index (χ1v) is 4.35. The summed E-state index contributed by atoms with van der Waals surface area (Å²) in [5.41, 5.74) is 0. The van der Waals surface area contributed by atoms with E-state index in [9.17, 15) is 0 Å². The Bertz CT molecular complexity index is 275. The summed E-state index contributed by atoms with van der Waals surface area (Å²) in [5, 5.41) is 7.35. The van der Waals surface area contributed by atoms with Gasteiger partial charge in [0, 0.05) is 13.0 Å². The summed E-state index contributed by atoms with van der Waals surface area (Å²) in [4.78, 5) is 4.45. The lowest BCUT2D eigenvalue weighted by Gasteiger charge is -1.92. The van der Waals surface area contributed by atoms with Crippen molar-refractivity contribution in [2.24, 2.45) is 7.05 Å². The zero-order valence-corrected chi connectivity index (χ0v) is 7.54. The molecule has 0 bridgehead atoms. The first-order chi connectivity index (χ1) is 5.81. The van der Waals surface area contributed by atoms with Gasteiger partial charge in [-0.15, -0.1) is 0 Å². The molecule has 1 saturated carbocycles. The van der Waals surface area contributed by atoms with Crippen molar-refractivity contribution in [2.45, 2.75) is 25.3 Å². The van der Waals surface area contributed by atoms with E-state index in [4.69, 9.17) is 0 Å². The number of nitrogens with one attached hydrogen (secondary N) is 1. The summed E-state index contributed by atoms with van der Waals surface area (Å²) in [7, 11) is 3.88. The molecule has 0 spiro atoms. The van der Waals surface area contributed by atoms with Gasteiger partial charge in [-0.3, -0.25) is 4.68 Å². The molecule has 66 valence electrons. The van der Waals surface area contributed by atoms with Gasteiger partial charge in [0.1, 0.15) is 5.82 Å². The summed E-state index contributed by atoms with van der Waals surface area (Å²) in [5.74, 6) is 2.75. The molecule has 0 aliphatic heterocycles. The molecule has 0 aromatic carbocycles. The molecule has 1 heterocycles. The molecule has 0 saturated heterocycles. The number of rotatable bonds is 3. The van der Waals surface area contributed by atoms with E-state index in [1.165, 1.54) is 12.8 Å². The topological polar surface area (TPSA) is 42.7 Å². The molecular weight excluding hydrogens is 152 g/mol. The van der Waals surface area contributed by atoms with Crippen molar-refractivity contribution in [1.82, 2.24) is 20.1 Å². The second-order valence-electron chi connectivity index (χ2n) is 3.31. The maximum absolute atomic E-state index is 4.45. The average Bonchev–Trinajstić information content (AvgIpc) is 2.79. The SMILES string of the molecule is CNCc1nc(C2CC2)n(C)n1. The predicted octanol–water partition coefficient (Wildman–Crippen LogP) is 0.412. The zero-order chi connectivity index (χ0) is 8.55. The molecule has 4 heteroatoms. The number of hydrogen-bond acceptors (Lipinski definition) is 3. The predicted molar refractivity (Wildman–Crippen MR) is 45.7 cm³/mol. The van der Waals surface area contributed by atoms with E-state index in [-0.39, 0.29) is 0 Å². The number of aromatic nitrogens is 3. The minimum atomic E-state index is 0.688. The van der Waals surface area contributed by atoms with Gasteiger partial charge in [0.05, 0.1) is 6.54 Å². The van der Waals surface area contributed by atoms with Gasteiger partial charge in [-0.05, 0) is 19.9 Å². The van der Waals surface area contributed by atoms with Gasteiger partial charge in [-0.1, -0.05) is 0 Å². The van der Waals surface area contributed by atoms with Gasteiger partial charge in [-0.2, -0.15) is 5.10 Å². The van der Waals surface area contributed by atoms with Crippen LogP contribution in [0.2, 0.25) is 0 Å². The third-order valence-corrected chi connectivity index (χ3v) is 2.12. The van der Waals surface area contributed by atoms with Crippen LogP contribution in [0.5, 0.6) is 0 Å². The quantitative estimate of drug-likeness (QED) is 0.707. The van der Waals surface area contributed by atoms with Crippen LogP contribution in [0.25, 0.3) is 0 Å². The highest BCUT2D eigenvalue weighted by atomic mass is 15.3. The van der Waals surface area contributed by atoms with Gasteiger partial charge in [0.15, 0.2) is 5.82 Å². The van der Waals surface area contributed by atoms with Crippen LogP contribution >= 0.6 is 0 Å². The second-order valence-corrected chi connectivity index (χ2v) is 3.31. The van der Waals surface area contributed by atoms with Crippen LogP contribution in [0.3, 0.4) is 0 Å². The Morgan fingerprint density at radius 3 is 2.92 bits per heavy atom. The Labute approximate surface area is 72.0 Å².